The van der Waals surface area contributed by atoms with Crippen LogP contribution in [0.1, 0.15) is 24.1 Å². The zero-order valence-corrected chi connectivity index (χ0v) is 10.7. The number of halogens is 4. The molecule has 1 aliphatic rings. The Morgan fingerprint density at radius 2 is 2.00 bits per heavy atom. The van der Waals surface area contributed by atoms with Gasteiger partial charge in [-0.15, -0.1) is 0 Å². The molecule has 1 unspecified atom stereocenters. The van der Waals surface area contributed by atoms with Gasteiger partial charge < -0.3 is 10.6 Å². The van der Waals surface area contributed by atoms with Gasteiger partial charge in [-0.05, 0) is 25.1 Å². The van der Waals surface area contributed by atoms with E-state index in [-0.39, 0.29) is 11.3 Å². The van der Waals surface area contributed by atoms with Crippen LogP contribution >= 0.6 is 0 Å². The molecule has 0 bridgehead atoms. The van der Waals surface area contributed by atoms with Crippen molar-refractivity contribution in [2.45, 2.75) is 19.1 Å². The average molecular weight is 299 g/mol. The van der Waals surface area contributed by atoms with Crippen LogP contribution in [0.5, 0.6) is 0 Å². The van der Waals surface area contributed by atoms with Crippen molar-refractivity contribution < 1.29 is 22.4 Å². The third-order valence-corrected chi connectivity index (χ3v) is 3.02. The number of urea groups is 1. The quantitative estimate of drug-likeness (QED) is 0.783. The van der Waals surface area contributed by atoms with Crippen LogP contribution in [0.3, 0.4) is 0 Å². The second kappa shape index (κ2) is 5.09. The molecule has 2 rings (SSSR count). The van der Waals surface area contributed by atoms with Crippen LogP contribution in [0.25, 0.3) is 0 Å². The largest absolute Gasteiger partial charge is 0.416 e. The molecule has 0 spiro atoms. The molecule has 1 aromatic carbocycles. The number of carbonyl (C=O) groups excluding carboxylic acids is 1. The predicted octanol–water partition coefficient (Wildman–Crippen LogP) is 3.00. The fourth-order valence-electron chi connectivity index (χ4n) is 2.02. The second-order valence-corrected chi connectivity index (χ2v) is 4.42. The highest BCUT2D eigenvalue weighted by Crippen LogP contribution is 2.34. The van der Waals surface area contributed by atoms with E-state index < -0.39 is 35.2 Å². The van der Waals surface area contributed by atoms with Crippen LogP contribution in [0.15, 0.2) is 29.5 Å². The third-order valence-electron chi connectivity index (χ3n) is 3.02. The fourth-order valence-corrected chi connectivity index (χ4v) is 2.02. The number of nitriles is 1. The Balaban J connectivity index is 2.58. The van der Waals surface area contributed by atoms with Crippen molar-refractivity contribution in [2.75, 3.05) is 0 Å². The van der Waals surface area contributed by atoms with Crippen molar-refractivity contribution in [1.82, 2.24) is 10.6 Å². The summed E-state index contributed by atoms with van der Waals surface area (Å²) in [6.45, 7) is 1.41. The summed E-state index contributed by atoms with van der Waals surface area (Å²) in [6.07, 6.45) is -4.65. The van der Waals surface area contributed by atoms with Crippen LogP contribution in [0, 0.1) is 17.1 Å². The number of alkyl halides is 3. The number of nitrogens with one attached hydrogen (secondary N) is 2. The van der Waals surface area contributed by atoms with Crippen molar-refractivity contribution in [2.24, 2.45) is 0 Å². The monoisotopic (exact) mass is 299 g/mol. The standard InChI is InChI=1S/C13H9F4N3O/c1-6-9(5-18)11(20-12(21)19-6)8-4-7(13(15,16)17)2-3-10(8)14/h2-4,11H,1H3,(H2,19,20,21). The number of benzene rings is 1. The van der Waals surface area contributed by atoms with E-state index in [1.807, 2.05) is 0 Å². The minimum atomic E-state index is -4.65. The molecular formula is C13H9F4N3O. The summed E-state index contributed by atoms with van der Waals surface area (Å²) in [4.78, 5) is 11.4. The van der Waals surface area contributed by atoms with Gasteiger partial charge in [0.05, 0.1) is 23.2 Å². The highest BCUT2D eigenvalue weighted by molar-refractivity contribution is 5.79. The Hall–Kier alpha value is -2.56. The van der Waals surface area contributed by atoms with E-state index in [1.165, 1.54) is 6.92 Å². The lowest BCUT2D eigenvalue weighted by Gasteiger charge is -2.26. The van der Waals surface area contributed by atoms with E-state index in [1.54, 1.807) is 6.07 Å². The van der Waals surface area contributed by atoms with Crippen molar-refractivity contribution in [3.05, 3.63) is 46.4 Å². The second-order valence-electron chi connectivity index (χ2n) is 4.42. The average Bonchev–Trinajstić information content (AvgIpc) is 2.37. The van der Waals surface area contributed by atoms with E-state index in [0.717, 1.165) is 0 Å². The van der Waals surface area contributed by atoms with E-state index in [9.17, 15) is 22.4 Å². The molecule has 2 N–H and O–H groups in total. The molecule has 0 fully saturated rings. The van der Waals surface area contributed by atoms with Gasteiger partial charge >= 0.3 is 12.2 Å². The van der Waals surface area contributed by atoms with Crippen molar-refractivity contribution in [3.8, 4) is 6.07 Å². The first kappa shape index (κ1) is 14.8. The Bertz CT molecular complexity index is 673. The molecule has 110 valence electrons. The normalized spacial score (nSPS) is 18.9. The Morgan fingerprint density at radius 3 is 2.57 bits per heavy atom. The van der Waals surface area contributed by atoms with Crippen molar-refractivity contribution in [1.29, 1.82) is 5.26 Å². The van der Waals surface area contributed by atoms with Gasteiger partial charge in [0.2, 0.25) is 0 Å². The van der Waals surface area contributed by atoms with Crippen LogP contribution in [-0.4, -0.2) is 6.03 Å². The van der Waals surface area contributed by atoms with Gasteiger partial charge in [0.25, 0.3) is 0 Å². The molecule has 21 heavy (non-hydrogen) atoms. The molecule has 1 aromatic rings. The van der Waals surface area contributed by atoms with E-state index in [0.29, 0.717) is 18.2 Å². The Labute approximate surface area is 117 Å². The molecule has 1 atom stereocenters. The lowest BCUT2D eigenvalue weighted by molar-refractivity contribution is -0.137. The molecule has 0 radical (unpaired) electrons. The maximum Gasteiger partial charge on any atom is 0.416 e. The molecule has 1 heterocycles. The van der Waals surface area contributed by atoms with E-state index >= 15 is 0 Å². The third kappa shape index (κ3) is 2.81. The number of hydrogen-bond donors (Lipinski definition) is 2. The molecular weight excluding hydrogens is 290 g/mol. The molecule has 2 amide bonds. The summed E-state index contributed by atoms with van der Waals surface area (Å²) in [5, 5.41) is 13.6. The molecule has 0 saturated carbocycles. The van der Waals surface area contributed by atoms with Crippen LogP contribution in [-0.2, 0) is 6.18 Å². The predicted molar refractivity (Wildman–Crippen MR) is 64.1 cm³/mol. The van der Waals surface area contributed by atoms with Crippen molar-refractivity contribution >= 4 is 6.03 Å². The van der Waals surface area contributed by atoms with E-state index in [2.05, 4.69) is 10.6 Å². The van der Waals surface area contributed by atoms with Crippen LogP contribution in [0.4, 0.5) is 22.4 Å². The first-order valence-electron chi connectivity index (χ1n) is 5.79. The topological polar surface area (TPSA) is 64.9 Å². The summed E-state index contributed by atoms with van der Waals surface area (Å²) >= 11 is 0. The zero-order valence-electron chi connectivity index (χ0n) is 10.7. The molecule has 1 aliphatic heterocycles. The number of amides is 2. The smallest absolute Gasteiger partial charge is 0.326 e. The zero-order chi connectivity index (χ0) is 15.8. The number of carbonyl (C=O) groups is 1. The van der Waals surface area contributed by atoms with Crippen molar-refractivity contribution in [3.63, 3.8) is 0 Å². The first-order chi connectivity index (χ1) is 9.74. The van der Waals surface area contributed by atoms with Gasteiger partial charge in [-0.1, -0.05) is 0 Å². The maximum absolute atomic E-state index is 13.8. The molecule has 0 saturated heterocycles. The molecule has 0 aromatic heterocycles. The maximum atomic E-state index is 13.8. The van der Waals surface area contributed by atoms with Gasteiger partial charge in [0, 0.05) is 11.3 Å². The van der Waals surface area contributed by atoms with Gasteiger partial charge in [-0.2, -0.15) is 18.4 Å². The molecule has 0 aliphatic carbocycles. The fraction of sp³-hybridized carbons (Fsp3) is 0.231. The minimum Gasteiger partial charge on any atom is -0.326 e. The van der Waals surface area contributed by atoms with E-state index in [4.69, 9.17) is 5.26 Å². The number of rotatable bonds is 1. The highest BCUT2D eigenvalue weighted by atomic mass is 19.4. The summed E-state index contributed by atoms with van der Waals surface area (Å²) in [6, 6.07) is 1.65. The Morgan fingerprint density at radius 1 is 1.33 bits per heavy atom. The number of allylic oxidation sites excluding steroid dienone is 1. The molecule has 8 heteroatoms. The van der Waals surface area contributed by atoms with Gasteiger partial charge in [-0.3, -0.25) is 0 Å². The number of hydrogen-bond acceptors (Lipinski definition) is 2. The van der Waals surface area contributed by atoms with Gasteiger partial charge in [-0.25, -0.2) is 9.18 Å². The lowest BCUT2D eigenvalue weighted by atomic mass is 9.94. The summed E-state index contributed by atoms with van der Waals surface area (Å²) < 4.78 is 51.9. The Kier molecular flexibility index (Phi) is 3.60. The summed E-state index contributed by atoms with van der Waals surface area (Å²) in [5.74, 6) is -0.934. The highest BCUT2D eigenvalue weighted by Gasteiger charge is 2.34. The summed E-state index contributed by atoms with van der Waals surface area (Å²) in [7, 11) is 0. The van der Waals surface area contributed by atoms with Crippen LogP contribution in [0.2, 0.25) is 0 Å². The molecule has 4 nitrogen and oxygen atoms in total. The van der Waals surface area contributed by atoms with Crippen LogP contribution < -0.4 is 10.6 Å². The van der Waals surface area contributed by atoms with Gasteiger partial charge in [0.1, 0.15) is 5.82 Å². The summed E-state index contributed by atoms with van der Waals surface area (Å²) in [5.41, 5.74) is -1.34. The minimum absolute atomic E-state index is 0.0483. The SMILES string of the molecule is CC1=C(C#N)C(c2cc(C(F)(F)F)ccc2F)NC(=O)N1. The lowest BCUT2D eigenvalue weighted by Crippen LogP contribution is -2.43. The van der Waals surface area contributed by atoms with Gasteiger partial charge in [0.15, 0.2) is 0 Å². The number of nitrogens with zero attached hydrogens (tertiary/aromatic N) is 1. The first-order valence-corrected chi connectivity index (χ1v) is 5.79.